The smallest absolute Gasteiger partial charge is 0.270 e. The van der Waals surface area contributed by atoms with Gasteiger partial charge in [0.1, 0.15) is 11.8 Å². The Morgan fingerprint density at radius 3 is 2.48 bits per heavy atom. The third-order valence-electron chi connectivity index (χ3n) is 3.64. The molecule has 3 rings (SSSR count). The van der Waals surface area contributed by atoms with Gasteiger partial charge in [-0.2, -0.15) is 0 Å². The summed E-state index contributed by atoms with van der Waals surface area (Å²) in [6.45, 7) is 0. The fraction of sp³-hybridized carbons (Fsp3) is 0.0556. The van der Waals surface area contributed by atoms with Crippen LogP contribution in [-0.2, 0) is 0 Å². The van der Waals surface area contributed by atoms with Crippen LogP contribution in [0, 0.1) is 10.1 Å². The average molecular weight is 357 g/mol. The highest BCUT2D eigenvalue weighted by atomic mass is 35.5. The standard InChI is InChI=1S/C18H13ClN2O4/c19-15-11-13(21(23)24)8-9-14(15)18(22)20-17(16-7-4-10-25-16)12-5-2-1-3-6-12/h1-11,17H,(H,20,22)/t17-/m1/s1. The van der Waals surface area contributed by atoms with Crippen molar-refractivity contribution in [1.82, 2.24) is 5.32 Å². The van der Waals surface area contributed by atoms with Crippen LogP contribution in [0.2, 0.25) is 5.02 Å². The zero-order valence-electron chi connectivity index (χ0n) is 12.9. The van der Waals surface area contributed by atoms with E-state index in [-0.39, 0.29) is 16.3 Å². The second-order valence-electron chi connectivity index (χ2n) is 5.25. The molecule has 0 aliphatic heterocycles. The topological polar surface area (TPSA) is 85.4 Å². The minimum Gasteiger partial charge on any atom is -0.467 e. The Bertz CT molecular complexity index is 895. The van der Waals surface area contributed by atoms with Crippen molar-refractivity contribution in [1.29, 1.82) is 0 Å². The zero-order valence-corrected chi connectivity index (χ0v) is 13.6. The van der Waals surface area contributed by atoms with Gasteiger partial charge in [0, 0.05) is 12.1 Å². The van der Waals surface area contributed by atoms with Crippen molar-refractivity contribution < 1.29 is 14.1 Å². The van der Waals surface area contributed by atoms with E-state index in [0.717, 1.165) is 11.6 Å². The van der Waals surface area contributed by atoms with Crippen LogP contribution >= 0.6 is 11.6 Å². The molecular weight excluding hydrogens is 344 g/mol. The highest BCUT2D eigenvalue weighted by molar-refractivity contribution is 6.34. The molecule has 1 atom stereocenters. The second kappa shape index (κ2) is 7.19. The van der Waals surface area contributed by atoms with E-state index in [1.165, 1.54) is 18.4 Å². The first kappa shape index (κ1) is 16.7. The van der Waals surface area contributed by atoms with Crippen molar-refractivity contribution >= 4 is 23.2 Å². The number of nitrogens with one attached hydrogen (secondary N) is 1. The summed E-state index contributed by atoms with van der Waals surface area (Å²) in [5.74, 6) is 0.114. The molecule has 0 aliphatic rings. The number of halogens is 1. The summed E-state index contributed by atoms with van der Waals surface area (Å²) >= 11 is 6.03. The summed E-state index contributed by atoms with van der Waals surface area (Å²) in [6.07, 6.45) is 1.52. The van der Waals surface area contributed by atoms with Crippen molar-refractivity contribution in [2.75, 3.05) is 0 Å². The number of furan rings is 1. The molecule has 6 nitrogen and oxygen atoms in total. The lowest BCUT2D eigenvalue weighted by atomic mass is 10.0. The largest absolute Gasteiger partial charge is 0.467 e. The quantitative estimate of drug-likeness (QED) is 0.543. The Labute approximate surface area is 148 Å². The van der Waals surface area contributed by atoms with Crippen LogP contribution in [0.1, 0.15) is 27.7 Å². The molecule has 1 aromatic heterocycles. The molecule has 1 heterocycles. The molecule has 1 N–H and O–H groups in total. The van der Waals surface area contributed by atoms with Crippen molar-refractivity contribution in [2.24, 2.45) is 0 Å². The van der Waals surface area contributed by atoms with Crippen LogP contribution in [0.5, 0.6) is 0 Å². The van der Waals surface area contributed by atoms with E-state index in [9.17, 15) is 14.9 Å². The SMILES string of the molecule is O=C(N[C@H](c1ccccc1)c1ccco1)c1ccc([N+](=O)[O-])cc1Cl. The number of benzene rings is 2. The minimum absolute atomic E-state index is 0.0120. The Morgan fingerprint density at radius 2 is 1.88 bits per heavy atom. The van der Waals surface area contributed by atoms with Gasteiger partial charge in [-0.25, -0.2) is 0 Å². The summed E-state index contributed by atoms with van der Waals surface area (Å²) in [5.41, 5.74) is 0.816. The second-order valence-corrected chi connectivity index (χ2v) is 5.66. The predicted molar refractivity (Wildman–Crippen MR) is 92.6 cm³/mol. The van der Waals surface area contributed by atoms with Gasteiger partial charge < -0.3 is 9.73 Å². The van der Waals surface area contributed by atoms with Crippen molar-refractivity contribution in [3.63, 3.8) is 0 Å². The Balaban J connectivity index is 1.90. The molecule has 126 valence electrons. The minimum atomic E-state index is -0.566. The molecule has 0 radical (unpaired) electrons. The summed E-state index contributed by atoms with van der Waals surface area (Å²) in [6, 6.07) is 16.0. The lowest BCUT2D eigenvalue weighted by Gasteiger charge is -2.17. The number of non-ortho nitro benzene ring substituents is 1. The molecule has 7 heteroatoms. The number of carbonyl (C=O) groups is 1. The van der Waals surface area contributed by atoms with Gasteiger partial charge in [0.05, 0.1) is 21.8 Å². The number of rotatable bonds is 5. The highest BCUT2D eigenvalue weighted by Gasteiger charge is 2.22. The Hall–Kier alpha value is -3.12. The van der Waals surface area contributed by atoms with Gasteiger partial charge in [-0.05, 0) is 23.8 Å². The van der Waals surface area contributed by atoms with Crippen LogP contribution in [0.3, 0.4) is 0 Å². The van der Waals surface area contributed by atoms with Gasteiger partial charge >= 0.3 is 0 Å². The molecule has 0 fully saturated rings. The van der Waals surface area contributed by atoms with Crippen LogP contribution in [0.25, 0.3) is 0 Å². The fourth-order valence-corrected chi connectivity index (χ4v) is 2.69. The van der Waals surface area contributed by atoms with Crippen LogP contribution in [0.4, 0.5) is 5.69 Å². The third-order valence-corrected chi connectivity index (χ3v) is 3.96. The molecule has 0 saturated heterocycles. The normalized spacial score (nSPS) is 11.7. The molecule has 2 aromatic carbocycles. The summed E-state index contributed by atoms with van der Waals surface area (Å²) in [7, 11) is 0. The maximum atomic E-state index is 12.6. The molecule has 0 bridgehead atoms. The number of nitro groups is 1. The van der Waals surface area contributed by atoms with E-state index in [1.807, 2.05) is 30.3 Å². The average Bonchev–Trinajstić information content (AvgIpc) is 3.14. The van der Waals surface area contributed by atoms with Crippen LogP contribution < -0.4 is 5.32 Å². The molecule has 0 spiro atoms. The molecule has 25 heavy (non-hydrogen) atoms. The van der Waals surface area contributed by atoms with Gasteiger partial charge in [-0.1, -0.05) is 41.9 Å². The van der Waals surface area contributed by atoms with Crippen LogP contribution in [-0.4, -0.2) is 10.8 Å². The molecule has 0 unspecified atom stereocenters. The summed E-state index contributed by atoms with van der Waals surface area (Å²) < 4.78 is 5.43. The number of nitro benzene ring substituents is 1. The first-order valence-corrected chi connectivity index (χ1v) is 7.77. The van der Waals surface area contributed by atoms with Gasteiger partial charge in [-0.15, -0.1) is 0 Å². The Morgan fingerprint density at radius 1 is 1.12 bits per heavy atom. The van der Waals surface area contributed by atoms with E-state index in [4.69, 9.17) is 16.0 Å². The lowest BCUT2D eigenvalue weighted by molar-refractivity contribution is -0.384. The monoisotopic (exact) mass is 356 g/mol. The number of hydrogen-bond donors (Lipinski definition) is 1. The first-order valence-electron chi connectivity index (χ1n) is 7.39. The number of carbonyl (C=O) groups excluding carboxylic acids is 1. The van der Waals surface area contributed by atoms with Crippen LogP contribution in [0.15, 0.2) is 71.3 Å². The van der Waals surface area contributed by atoms with Crippen molar-refractivity contribution in [3.8, 4) is 0 Å². The third kappa shape index (κ3) is 3.70. The zero-order chi connectivity index (χ0) is 17.8. The predicted octanol–water partition coefficient (Wildman–Crippen LogP) is 4.36. The number of hydrogen-bond acceptors (Lipinski definition) is 4. The van der Waals surface area contributed by atoms with E-state index < -0.39 is 16.9 Å². The number of amides is 1. The Kier molecular flexibility index (Phi) is 4.81. The van der Waals surface area contributed by atoms with Gasteiger partial charge in [0.2, 0.25) is 0 Å². The van der Waals surface area contributed by atoms with Crippen molar-refractivity contribution in [3.05, 3.63) is 99.0 Å². The maximum absolute atomic E-state index is 12.6. The van der Waals surface area contributed by atoms with E-state index in [2.05, 4.69) is 5.32 Å². The maximum Gasteiger partial charge on any atom is 0.270 e. The molecule has 0 saturated carbocycles. The van der Waals surface area contributed by atoms with E-state index in [1.54, 1.807) is 12.1 Å². The lowest BCUT2D eigenvalue weighted by Crippen LogP contribution is -2.29. The van der Waals surface area contributed by atoms with Gasteiger partial charge in [-0.3, -0.25) is 14.9 Å². The highest BCUT2D eigenvalue weighted by Crippen LogP contribution is 2.26. The molecule has 3 aromatic rings. The number of nitrogens with zero attached hydrogens (tertiary/aromatic N) is 1. The van der Waals surface area contributed by atoms with Gasteiger partial charge in [0.25, 0.3) is 11.6 Å². The van der Waals surface area contributed by atoms with E-state index in [0.29, 0.717) is 5.76 Å². The molecule has 0 aliphatic carbocycles. The fourth-order valence-electron chi connectivity index (χ4n) is 2.43. The van der Waals surface area contributed by atoms with Crippen molar-refractivity contribution in [2.45, 2.75) is 6.04 Å². The molecule has 1 amide bonds. The van der Waals surface area contributed by atoms with Gasteiger partial charge in [0.15, 0.2) is 0 Å². The first-order chi connectivity index (χ1) is 12.1. The summed E-state index contributed by atoms with van der Waals surface area (Å²) in [4.78, 5) is 22.8. The summed E-state index contributed by atoms with van der Waals surface area (Å²) in [5, 5.41) is 13.7. The van der Waals surface area contributed by atoms with E-state index >= 15 is 0 Å². The molecular formula is C18H13ClN2O4.